The van der Waals surface area contributed by atoms with Crippen molar-refractivity contribution in [1.29, 1.82) is 5.26 Å². The molecule has 0 saturated heterocycles. The molecule has 1 aromatic rings. The molecular formula is C8H4F3N. The van der Waals surface area contributed by atoms with Gasteiger partial charge in [0.2, 0.25) is 0 Å². The Morgan fingerprint density at radius 2 is 1.67 bits per heavy atom. The summed E-state index contributed by atoms with van der Waals surface area (Å²) >= 11 is 0. The third-order valence-corrected chi connectivity index (χ3v) is 1.33. The van der Waals surface area contributed by atoms with Crippen molar-refractivity contribution < 1.29 is 13.2 Å². The molecule has 0 atom stereocenters. The van der Waals surface area contributed by atoms with Crippen molar-refractivity contribution in [3.63, 3.8) is 0 Å². The largest absolute Gasteiger partial charge is 0.204 e. The van der Waals surface area contributed by atoms with Gasteiger partial charge in [0.15, 0.2) is 17.5 Å². The zero-order valence-corrected chi connectivity index (χ0v) is 5.94. The number of halogens is 3. The van der Waals surface area contributed by atoms with Gasteiger partial charge in [-0.15, -0.1) is 0 Å². The minimum Gasteiger partial charge on any atom is -0.204 e. The summed E-state index contributed by atoms with van der Waals surface area (Å²) in [4.78, 5) is 0. The van der Waals surface area contributed by atoms with E-state index in [0.29, 0.717) is 0 Å². The van der Waals surface area contributed by atoms with Crippen molar-refractivity contribution >= 4 is 0 Å². The lowest BCUT2D eigenvalue weighted by Crippen LogP contribution is -1.93. The second kappa shape index (κ2) is 3.26. The Bertz CT molecular complexity index is 318. The molecule has 0 aliphatic carbocycles. The summed E-state index contributed by atoms with van der Waals surface area (Å²) in [6, 6.07) is 3.32. The van der Waals surface area contributed by atoms with Crippen LogP contribution >= 0.6 is 0 Å². The fourth-order valence-corrected chi connectivity index (χ4v) is 0.801. The second-order valence-electron chi connectivity index (χ2n) is 2.21. The molecule has 0 unspecified atom stereocenters. The molecule has 0 aliphatic rings. The lowest BCUT2D eigenvalue weighted by Gasteiger charge is -1.97. The Balaban J connectivity index is 3.14. The van der Waals surface area contributed by atoms with Gasteiger partial charge in [-0.2, -0.15) is 5.26 Å². The topological polar surface area (TPSA) is 23.8 Å². The Morgan fingerprint density at radius 3 is 2.08 bits per heavy atom. The van der Waals surface area contributed by atoms with Crippen molar-refractivity contribution in [3.05, 3.63) is 35.1 Å². The van der Waals surface area contributed by atoms with Crippen molar-refractivity contribution in [2.24, 2.45) is 0 Å². The maximum atomic E-state index is 12.4. The van der Waals surface area contributed by atoms with Crippen LogP contribution in [0.3, 0.4) is 0 Å². The highest BCUT2D eigenvalue weighted by atomic mass is 19.2. The molecule has 0 amide bonds. The lowest BCUT2D eigenvalue weighted by atomic mass is 10.1. The summed E-state index contributed by atoms with van der Waals surface area (Å²) in [7, 11) is 0. The van der Waals surface area contributed by atoms with E-state index in [-0.39, 0.29) is 12.0 Å². The molecule has 0 spiro atoms. The first-order valence-corrected chi connectivity index (χ1v) is 3.15. The first-order chi connectivity index (χ1) is 5.65. The molecule has 1 nitrogen and oxygen atoms in total. The number of hydrogen-bond acceptors (Lipinski definition) is 1. The quantitative estimate of drug-likeness (QED) is 0.594. The predicted octanol–water partition coefficient (Wildman–Crippen LogP) is 2.17. The minimum atomic E-state index is -1.50. The lowest BCUT2D eigenvalue weighted by molar-refractivity contribution is 0.445. The van der Waals surface area contributed by atoms with E-state index in [0.717, 1.165) is 12.1 Å². The van der Waals surface area contributed by atoms with Crippen molar-refractivity contribution in [1.82, 2.24) is 0 Å². The first-order valence-electron chi connectivity index (χ1n) is 3.15. The highest BCUT2D eigenvalue weighted by molar-refractivity contribution is 5.21. The van der Waals surface area contributed by atoms with Crippen LogP contribution in [0.5, 0.6) is 0 Å². The third-order valence-electron chi connectivity index (χ3n) is 1.33. The molecule has 4 heteroatoms. The Kier molecular flexibility index (Phi) is 2.34. The SMILES string of the molecule is N#CCc1cc(F)c(F)c(F)c1. The van der Waals surface area contributed by atoms with Crippen LogP contribution in [0.15, 0.2) is 12.1 Å². The molecule has 0 aromatic heterocycles. The Morgan fingerprint density at radius 1 is 1.17 bits per heavy atom. The highest BCUT2D eigenvalue weighted by Crippen LogP contribution is 2.13. The van der Waals surface area contributed by atoms with Gasteiger partial charge in [-0.1, -0.05) is 0 Å². The van der Waals surface area contributed by atoms with Crippen LogP contribution in [0.2, 0.25) is 0 Å². The fraction of sp³-hybridized carbons (Fsp3) is 0.125. The van der Waals surface area contributed by atoms with Gasteiger partial charge in [0, 0.05) is 0 Å². The second-order valence-corrected chi connectivity index (χ2v) is 2.21. The zero-order valence-electron chi connectivity index (χ0n) is 5.94. The van der Waals surface area contributed by atoms with E-state index in [9.17, 15) is 13.2 Å². The first kappa shape index (κ1) is 8.60. The summed E-state index contributed by atoms with van der Waals surface area (Å²) in [6.07, 6.45) is -0.131. The number of nitrogens with zero attached hydrogens (tertiary/aromatic N) is 1. The summed E-state index contributed by atoms with van der Waals surface area (Å²) in [5, 5.41) is 8.18. The predicted molar refractivity (Wildman–Crippen MR) is 35.6 cm³/mol. The molecule has 1 aromatic carbocycles. The van der Waals surface area contributed by atoms with E-state index in [2.05, 4.69) is 0 Å². The smallest absolute Gasteiger partial charge is 0.194 e. The molecule has 1 rings (SSSR count). The monoisotopic (exact) mass is 171 g/mol. The van der Waals surface area contributed by atoms with Gasteiger partial charge in [0.25, 0.3) is 0 Å². The van der Waals surface area contributed by atoms with Gasteiger partial charge in [0.05, 0.1) is 12.5 Å². The summed E-state index contributed by atoms with van der Waals surface area (Å²) < 4.78 is 37.2. The fourth-order valence-electron chi connectivity index (χ4n) is 0.801. The standard InChI is InChI=1S/C8H4F3N/c9-6-3-5(1-2-12)4-7(10)8(6)11/h3-4H,1H2. The zero-order chi connectivity index (χ0) is 9.14. The average Bonchev–Trinajstić information content (AvgIpc) is 2.01. The molecule has 0 N–H and O–H groups in total. The Hall–Kier alpha value is -1.50. The molecule has 0 saturated carbocycles. The van der Waals surface area contributed by atoms with Gasteiger partial charge in [-0.25, -0.2) is 13.2 Å². The van der Waals surface area contributed by atoms with E-state index >= 15 is 0 Å². The average molecular weight is 171 g/mol. The maximum absolute atomic E-state index is 12.4. The van der Waals surface area contributed by atoms with Crippen LogP contribution in [0, 0.1) is 28.8 Å². The summed E-state index contributed by atoms with van der Waals surface area (Å²) in [5.41, 5.74) is 0.133. The normalized spacial score (nSPS) is 9.50. The number of rotatable bonds is 1. The van der Waals surface area contributed by atoms with Crippen LogP contribution < -0.4 is 0 Å². The van der Waals surface area contributed by atoms with Crippen molar-refractivity contribution in [3.8, 4) is 6.07 Å². The van der Waals surface area contributed by atoms with Crippen LogP contribution in [-0.4, -0.2) is 0 Å². The molecule has 62 valence electrons. The van der Waals surface area contributed by atoms with Gasteiger partial charge in [0.1, 0.15) is 0 Å². The minimum absolute atomic E-state index is 0.131. The number of benzene rings is 1. The number of nitriles is 1. The van der Waals surface area contributed by atoms with E-state index in [1.165, 1.54) is 0 Å². The van der Waals surface area contributed by atoms with Crippen LogP contribution in [-0.2, 0) is 6.42 Å². The Labute approximate surface area is 67.1 Å². The molecule has 0 fully saturated rings. The third kappa shape index (κ3) is 1.56. The maximum Gasteiger partial charge on any atom is 0.194 e. The van der Waals surface area contributed by atoms with Crippen LogP contribution in [0.4, 0.5) is 13.2 Å². The molecule has 12 heavy (non-hydrogen) atoms. The molecule has 0 radical (unpaired) electrons. The van der Waals surface area contributed by atoms with Gasteiger partial charge in [-0.05, 0) is 17.7 Å². The van der Waals surface area contributed by atoms with Gasteiger partial charge < -0.3 is 0 Å². The molecule has 0 heterocycles. The van der Waals surface area contributed by atoms with Gasteiger partial charge in [-0.3, -0.25) is 0 Å². The summed E-state index contributed by atoms with van der Waals surface area (Å²) in [5.74, 6) is -4.03. The molecule has 0 aliphatic heterocycles. The number of hydrogen-bond donors (Lipinski definition) is 0. The van der Waals surface area contributed by atoms with Crippen LogP contribution in [0.1, 0.15) is 5.56 Å². The summed E-state index contributed by atoms with van der Waals surface area (Å²) in [6.45, 7) is 0. The van der Waals surface area contributed by atoms with E-state index < -0.39 is 17.5 Å². The van der Waals surface area contributed by atoms with Crippen molar-refractivity contribution in [2.75, 3.05) is 0 Å². The van der Waals surface area contributed by atoms with Crippen molar-refractivity contribution in [2.45, 2.75) is 6.42 Å². The van der Waals surface area contributed by atoms with E-state index in [4.69, 9.17) is 5.26 Å². The van der Waals surface area contributed by atoms with Crippen LogP contribution in [0.25, 0.3) is 0 Å². The highest BCUT2D eigenvalue weighted by Gasteiger charge is 2.09. The van der Waals surface area contributed by atoms with E-state index in [1.54, 1.807) is 6.07 Å². The molecule has 0 bridgehead atoms. The van der Waals surface area contributed by atoms with E-state index in [1.807, 2.05) is 0 Å². The molecular weight excluding hydrogens is 167 g/mol. The van der Waals surface area contributed by atoms with Gasteiger partial charge >= 0.3 is 0 Å².